The molecule has 0 radical (unpaired) electrons. The van der Waals surface area contributed by atoms with Gasteiger partial charge >= 0.3 is 0 Å². The summed E-state index contributed by atoms with van der Waals surface area (Å²) < 4.78 is 1.65. The summed E-state index contributed by atoms with van der Waals surface area (Å²) in [5, 5.41) is 2.53. The number of aromatic nitrogens is 2. The van der Waals surface area contributed by atoms with E-state index in [1.54, 1.807) is 22.6 Å². The average Bonchev–Trinajstić information content (AvgIpc) is 2.77. The van der Waals surface area contributed by atoms with Gasteiger partial charge in [0.1, 0.15) is 5.82 Å². The molecule has 4 rings (SSSR count). The quantitative estimate of drug-likeness (QED) is 0.523. The molecule has 1 amide bonds. The fourth-order valence-corrected chi connectivity index (χ4v) is 3.76. The SMILES string of the molecule is CCn1c(C(C)N(C)C(=O)c2cccc3ccccc23)nc2ccccc2c1=O. The van der Waals surface area contributed by atoms with Gasteiger partial charge in [0.2, 0.25) is 0 Å². The predicted molar refractivity (Wildman–Crippen MR) is 116 cm³/mol. The van der Waals surface area contributed by atoms with Gasteiger partial charge in [-0.05, 0) is 42.8 Å². The van der Waals surface area contributed by atoms with Gasteiger partial charge in [0, 0.05) is 19.2 Å². The molecule has 5 heteroatoms. The number of fused-ring (bicyclic) bond motifs is 2. The Kier molecular flexibility index (Phi) is 4.89. The van der Waals surface area contributed by atoms with Gasteiger partial charge in [0.25, 0.3) is 11.5 Å². The lowest BCUT2D eigenvalue weighted by atomic mass is 10.0. The third-order valence-corrected chi connectivity index (χ3v) is 5.50. The van der Waals surface area contributed by atoms with Crippen LogP contribution in [0.25, 0.3) is 21.7 Å². The summed E-state index contributed by atoms with van der Waals surface area (Å²) in [6.45, 7) is 4.32. The van der Waals surface area contributed by atoms with E-state index in [4.69, 9.17) is 4.98 Å². The van der Waals surface area contributed by atoms with Crippen LogP contribution in [0.4, 0.5) is 0 Å². The molecule has 0 aliphatic heterocycles. The zero-order valence-corrected chi connectivity index (χ0v) is 16.8. The Morgan fingerprint density at radius 1 is 1.00 bits per heavy atom. The van der Waals surface area contributed by atoms with Crippen molar-refractivity contribution in [3.63, 3.8) is 0 Å². The topological polar surface area (TPSA) is 55.2 Å². The molecule has 146 valence electrons. The molecule has 0 bridgehead atoms. The molecule has 0 N–H and O–H groups in total. The molecule has 0 saturated heterocycles. The van der Waals surface area contributed by atoms with Crippen molar-refractivity contribution in [1.29, 1.82) is 0 Å². The van der Waals surface area contributed by atoms with Gasteiger partial charge in [-0.3, -0.25) is 14.2 Å². The van der Waals surface area contributed by atoms with Gasteiger partial charge in [0.15, 0.2) is 0 Å². The summed E-state index contributed by atoms with van der Waals surface area (Å²) in [5.41, 5.74) is 1.21. The van der Waals surface area contributed by atoms with Crippen LogP contribution in [-0.4, -0.2) is 27.4 Å². The number of carbonyl (C=O) groups is 1. The van der Waals surface area contributed by atoms with Crippen molar-refractivity contribution in [1.82, 2.24) is 14.5 Å². The van der Waals surface area contributed by atoms with Crippen molar-refractivity contribution in [2.24, 2.45) is 0 Å². The summed E-state index contributed by atoms with van der Waals surface area (Å²) in [4.78, 5) is 32.7. The fraction of sp³-hybridized carbons (Fsp3) is 0.208. The molecular formula is C24H23N3O2. The highest BCUT2D eigenvalue weighted by atomic mass is 16.2. The fourth-order valence-electron chi connectivity index (χ4n) is 3.76. The number of carbonyl (C=O) groups excluding carboxylic acids is 1. The van der Waals surface area contributed by atoms with E-state index in [1.807, 2.05) is 74.5 Å². The highest BCUT2D eigenvalue weighted by molar-refractivity contribution is 6.07. The van der Waals surface area contributed by atoms with Crippen LogP contribution >= 0.6 is 0 Å². The second-order valence-corrected chi connectivity index (χ2v) is 7.16. The van der Waals surface area contributed by atoms with E-state index in [0.29, 0.717) is 28.8 Å². The van der Waals surface area contributed by atoms with Crippen molar-refractivity contribution >= 4 is 27.6 Å². The lowest BCUT2D eigenvalue weighted by Gasteiger charge is -2.27. The smallest absolute Gasteiger partial charge is 0.261 e. The van der Waals surface area contributed by atoms with Crippen LogP contribution < -0.4 is 5.56 Å². The summed E-state index contributed by atoms with van der Waals surface area (Å²) >= 11 is 0. The normalized spacial score (nSPS) is 12.2. The molecule has 1 heterocycles. The van der Waals surface area contributed by atoms with E-state index in [0.717, 1.165) is 10.8 Å². The minimum absolute atomic E-state index is 0.0778. The third kappa shape index (κ3) is 3.18. The molecular weight excluding hydrogens is 362 g/mol. The number of rotatable bonds is 4. The molecule has 1 aromatic heterocycles. The van der Waals surface area contributed by atoms with Crippen molar-refractivity contribution in [2.45, 2.75) is 26.4 Å². The average molecular weight is 385 g/mol. The molecule has 0 aliphatic rings. The van der Waals surface area contributed by atoms with Crippen molar-refractivity contribution in [3.05, 3.63) is 88.5 Å². The molecule has 5 nitrogen and oxygen atoms in total. The Morgan fingerprint density at radius 2 is 1.66 bits per heavy atom. The first kappa shape index (κ1) is 18.9. The number of para-hydroxylation sites is 1. The molecule has 3 aromatic carbocycles. The van der Waals surface area contributed by atoms with Crippen LogP contribution in [0.3, 0.4) is 0 Å². The molecule has 0 aliphatic carbocycles. The van der Waals surface area contributed by atoms with Crippen LogP contribution in [0.5, 0.6) is 0 Å². The summed E-state index contributed by atoms with van der Waals surface area (Å²) in [6.07, 6.45) is 0. The Morgan fingerprint density at radius 3 is 2.41 bits per heavy atom. The summed E-state index contributed by atoms with van der Waals surface area (Å²) in [5.74, 6) is 0.492. The van der Waals surface area contributed by atoms with E-state index >= 15 is 0 Å². The summed E-state index contributed by atoms with van der Waals surface area (Å²) in [7, 11) is 1.76. The van der Waals surface area contributed by atoms with E-state index < -0.39 is 0 Å². The Balaban J connectivity index is 1.79. The first-order chi connectivity index (χ1) is 14.0. The second-order valence-electron chi connectivity index (χ2n) is 7.16. The van der Waals surface area contributed by atoms with Gasteiger partial charge in [-0.15, -0.1) is 0 Å². The van der Waals surface area contributed by atoms with Crippen molar-refractivity contribution in [3.8, 4) is 0 Å². The lowest BCUT2D eigenvalue weighted by molar-refractivity contribution is 0.0735. The summed E-state index contributed by atoms with van der Waals surface area (Å²) in [6, 6.07) is 20.5. The standard InChI is InChI=1S/C24H23N3O2/c1-4-27-22(25-21-15-8-7-13-20(21)24(27)29)16(2)26(3)23(28)19-14-9-11-17-10-5-6-12-18(17)19/h5-16H,4H2,1-3H3. The number of hydrogen-bond acceptors (Lipinski definition) is 3. The number of hydrogen-bond donors (Lipinski definition) is 0. The van der Waals surface area contributed by atoms with Crippen LogP contribution in [0.2, 0.25) is 0 Å². The third-order valence-electron chi connectivity index (χ3n) is 5.50. The Hall–Kier alpha value is -3.47. The monoisotopic (exact) mass is 385 g/mol. The highest BCUT2D eigenvalue weighted by Crippen LogP contribution is 2.24. The van der Waals surface area contributed by atoms with E-state index in [2.05, 4.69) is 0 Å². The maximum Gasteiger partial charge on any atom is 0.261 e. The first-order valence-electron chi connectivity index (χ1n) is 9.77. The predicted octanol–water partition coefficient (Wildman–Crippen LogP) is 4.40. The minimum atomic E-state index is -0.362. The van der Waals surface area contributed by atoms with Crippen LogP contribution in [0.1, 0.15) is 36.1 Å². The van der Waals surface area contributed by atoms with E-state index in [-0.39, 0.29) is 17.5 Å². The Bertz CT molecular complexity index is 1270. The molecule has 0 spiro atoms. The first-order valence-corrected chi connectivity index (χ1v) is 9.77. The molecule has 1 unspecified atom stereocenters. The van der Waals surface area contributed by atoms with Gasteiger partial charge in [-0.1, -0.05) is 48.5 Å². The lowest BCUT2D eigenvalue weighted by Crippen LogP contribution is -2.35. The van der Waals surface area contributed by atoms with Crippen LogP contribution in [-0.2, 0) is 6.54 Å². The van der Waals surface area contributed by atoms with Gasteiger partial charge < -0.3 is 4.90 Å². The maximum atomic E-state index is 13.3. The van der Waals surface area contributed by atoms with Gasteiger partial charge in [0.05, 0.1) is 16.9 Å². The van der Waals surface area contributed by atoms with E-state index in [1.165, 1.54) is 0 Å². The highest BCUT2D eigenvalue weighted by Gasteiger charge is 2.24. The molecule has 0 fully saturated rings. The zero-order chi connectivity index (χ0) is 20.5. The van der Waals surface area contributed by atoms with Gasteiger partial charge in [-0.2, -0.15) is 0 Å². The zero-order valence-electron chi connectivity index (χ0n) is 16.8. The van der Waals surface area contributed by atoms with E-state index in [9.17, 15) is 9.59 Å². The molecule has 1 atom stereocenters. The Labute approximate surface area is 169 Å². The largest absolute Gasteiger partial charge is 0.332 e. The maximum absolute atomic E-state index is 13.3. The molecule has 0 saturated carbocycles. The van der Waals surface area contributed by atoms with Crippen molar-refractivity contribution < 1.29 is 4.79 Å². The number of nitrogens with zero attached hydrogens (tertiary/aromatic N) is 3. The van der Waals surface area contributed by atoms with Crippen LogP contribution in [0, 0.1) is 0 Å². The number of benzene rings is 3. The van der Waals surface area contributed by atoms with Crippen LogP contribution in [0.15, 0.2) is 71.5 Å². The minimum Gasteiger partial charge on any atom is -0.332 e. The molecule has 4 aromatic rings. The molecule has 29 heavy (non-hydrogen) atoms. The number of amides is 1. The second kappa shape index (κ2) is 7.51. The van der Waals surface area contributed by atoms with Gasteiger partial charge in [-0.25, -0.2) is 4.98 Å². The van der Waals surface area contributed by atoms with Crippen molar-refractivity contribution in [2.75, 3.05) is 7.05 Å².